The Bertz CT molecular complexity index is 312. The summed E-state index contributed by atoms with van der Waals surface area (Å²) < 4.78 is 4.49. The number of anilines is 1. The average molecular weight is 185 g/mol. The Balaban J connectivity index is 2.29. The van der Waals surface area contributed by atoms with Crippen LogP contribution in [0.2, 0.25) is 0 Å². The van der Waals surface area contributed by atoms with Crippen LogP contribution in [-0.4, -0.2) is 33.9 Å². The van der Waals surface area contributed by atoms with Crippen molar-refractivity contribution >= 4 is 11.8 Å². The molecule has 13 heavy (non-hydrogen) atoms. The molecule has 3 N–H and O–H groups in total. The number of nitrogens with zero attached hydrogens (tertiary/aromatic N) is 2. The van der Waals surface area contributed by atoms with Crippen LogP contribution in [0, 0.1) is 0 Å². The van der Waals surface area contributed by atoms with Crippen LogP contribution in [0.15, 0.2) is 16.9 Å². The molecule has 0 saturated carbocycles. The van der Waals surface area contributed by atoms with Crippen LogP contribution in [0.4, 0.5) is 10.6 Å². The summed E-state index contributed by atoms with van der Waals surface area (Å²) in [5, 5.41) is 23.9. The molecule has 1 aliphatic rings. The van der Waals surface area contributed by atoms with E-state index >= 15 is 0 Å². The van der Waals surface area contributed by atoms with Gasteiger partial charge >= 0.3 is 6.03 Å². The first-order chi connectivity index (χ1) is 6.20. The molecule has 0 aromatic carbocycles. The van der Waals surface area contributed by atoms with Gasteiger partial charge in [0.1, 0.15) is 6.26 Å². The number of hydrogen-bond acceptors (Lipinski definition) is 5. The highest BCUT2D eigenvalue weighted by Gasteiger charge is 2.39. The van der Waals surface area contributed by atoms with Crippen molar-refractivity contribution in [3.05, 3.63) is 12.3 Å². The lowest BCUT2D eigenvalue weighted by molar-refractivity contribution is 0.0326. The van der Waals surface area contributed by atoms with Gasteiger partial charge in [-0.2, -0.15) is 0 Å². The third-order valence-electron chi connectivity index (χ3n) is 1.71. The van der Waals surface area contributed by atoms with Crippen LogP contribution in [-0.2, 0) is 0 Å². The lowest BCUT2D eigenvalue weighted by Gasteiger charge is -2.15. The minimum Gasteiger partial charge on any atom is -0.369 e. The number of carbonyl (C=O) groups excluding carboxylic acids is 1. The van der Waals surface area contributed by atoms with Crippen molar-refractivity contribution in [1.82, 2.24) is 10.5 Å². The highest BCUT2D eigenvalue weighted by molar-refractivity contribution is 5.93. The van der Waals surface area contributed by atoms with E-state index in [0.29, 0.717) is 0 Å². The molecule has 0 spiro atoms. The number of urea groups is 1. The van der Waals surface area contributed by atoms with Gasteiger partial charge < -0.3 is 20.1 Å². The standard InChI is InChI=1S/C6H7N3O4/c10-4-5(11)9(6(12)7-4)3-1-2-13-8-3/h1-2,4-5,10-11H,(H,7,12). The van der Waals surface area contributed by atoms with Crippen molar-refractivity contribution < 1.29 is 19.5 Å². The van der Waals surface area contributed by atoms with Gasteiger partial charge in [0.15, 0.2) is 18.3 Å². The zero-order chi connectivity index (χ0) is 9.42. The van der Waals surface area contributed by atoms with Gasteiger partial charge in [0.05, 0.1) is 0 Å². The van der Waals surface area contributed by atoms with Gasteiger partial charge in [0, 0.05) is 6.07 Å². The van der Waals surface area contributed by atoms with E-state index in [9.17, 15) is 9.90 Å². The maximum absolute atomic E-state index is 11.1. The number of aliphatic hydroxyl groups excluding tert-OH is 2. The highest BCUT2D eigenvalue weighted by atomic mass is 16.5. The number of hydrogen-bond donors (Lipinski definition) is 3. The molecule has 1 aromatic heterocycles. The molecule has 2 atom stereocenters. The monoisotopic (exact) mass is 185 g/mol. The van der Waals surface area contributed by atoms with Gasteiger partial charge in [-0.15, -0.1) is 0 Å². The molecule has 1 aromatic rings. The summed E-state index contributed by atoms with van der Waals surface area (Å²) in [5.41, 5.74) is 0. The fourth-order valence-corrected chi connectivity index (χ4v) is 1.10. The van der Waals surface area contributed by atoms with Crippen molar-refractivity contribution in [3.8, 4) is 0 Å². The van der Waals surface area contributed by atoms with E-state index in [4.69, 9.17) is 5.11 Å². The normalized spacial score (nSPS) is 27.8. The fourth-order valence-electron chi connectivity index (χ4n) is 1.10. The van der Waals surface area contributed by atoms with Crippen molar-refractivity contribution in [2.24, 2.45) is 0 Å². The molecule has 7 heteroatoms. The number of aliphatic hydroxyl groups is 2. The smallest absolute Gasteiger partial charge is 0.327 e. The Morgan fingerprint density at radius 1 is 1.62 bits per heavy atom. The second kappa shape index (κ2) is 2.71. The van der Waals surface area contributed by atoms with E-state index < -0.39 is 18.5 Å². The van der Waals surface area contributed by atoms with Gasteiger partial charge in [-0.05, 0) is 0 Å². The van der Waals surface area contributed by atoms with E-state index in [-0.39, 0.29) is 5.82 Å². The third kappa shape index (κ3) is 1.14. The molecule has 2 amide bonds. The summed E-state index contributed by atoms with van der Waals surface area (Å²) >= 11 is 0. The minimum atomic E-state index is -1.34. The topological polar surface area (TPSA) is 98.8 Å². The molecular weight excluding hydrogens is 178 g/mol. The van der Waals surface area contributed by atoms with Crippen molar-refractivity contribution in [2.75, 3.05) is 4.90 Å². The van der Waals surface area contributed by atoms with E-state index in [2.05, 4.69) is 15.0 Å². The van der Waals surface area contributed by atoms with Gasteiger partial charge in [0.25, 0.3) is 0 Å². The second-order valence-electron chi connectivity index (χ2n) is 2.54. The Morgan fingerprint density at radius 3 is 2.85 bits per heavy atom. The molecule has 2 heterocycles. The van der Waals surface area contributed by atoms with Crippen LogP contribution in [0.25, 0.3) is 0 Å². The second-order valence-corrected chi connectivity index (χ2v) is 2.54. The highest BCUT2D eigenvalue weighted by Crippen LogP contribution is 2.18. The van der Waals surface area contributed by atoms with Crippen molar-refractivity contribution in [1.29, 1.82) is 0 Å². The first-order valence-corrected chi connectivity index (χ1v) is 3.56. The molecule has 0 bridgehead atoms. The zero-order valence-electron chi connectivity index (χ0n) is 6.41. The number of carbonyl (C=O) groups is 1. The van der Waals surface area contributed by atoms with Crippen LogP contribution in [0.5, 0.6) is 0 Å². The largest absolute Gasteiger partial charge is 0.369 e. The van der Waals surface area contributed by atoms with Gasteiger partial charge in [-0.3, -0.25) is 0 Å². The molecule has 2 rings (SSSR count). The molecule has 2 unspecified atom stereocenters. The Hall–Kier alpha value is -1.60. The summed E-state index contributed by atoms with van der Waals surface area (Å²) in [4.78, 5) is 12.0. The van der Waals surface area contributed by atoms with Crippen molar-refractivity contribution in [3.63, 3.8) is 0 Å². The van der Waals surface area contributed by atoms with Crippen molar-refractivity contribution in [2.45, 2.75) is 12.5 Å². The lowest BCUT2D eigenvalue weighted by atomic mass is 10.4. The molecule has 0 aliphatic carbocycles. The average Bonchev–Trinajstić information content (AvgIpc) is 2.63. The van der Waals surface area contributed by atoms with Crippen LogP contribution in [0.3, 0.4) is 0 Å². The van der Waals surface area contributed by atoms with E-state index in [1.165, 1.54) is 12.3 Å². The first-order valence-electron chi connectivity index (χ1n) is 3.56. The Kier molecular flexibility index (Phi) is 1.67. The Morgan fingerprint density at radius 2 is 2.38 bits per heavy atom. The van der Waals surface area contributed by atoms with E-state index in [1.807, 2.05) is 0 Å². The van der Waals surface area contributed by atoms with Gasteiger partial charge in [0.2, 0.25) is 0 Å². The van der Waals surface area contributed by atoms with Gasteiger partial charge in [-0.25, -0.2) is 9.69 Å². The predicted octanol–water partition coefficient (Wildman–Crippen LogP) is -1.16. The molecule has 0 radical (unpaired) electrons. The summed E-state index contributed by atoms with van der Waals surface area (Å²) in [6.07, 6.45) is -1.37. The number of amides is 2. The Labute approximate surface area is 72.5 Å². The van der Waals surface area contributed by atoms with Crippen LogP contribution >= 0.6 is 0 Å². The molecule has 1 aliphatic heterocycles. The van der Waals surface area contributed by atoms with E-state index in [1.54, 1.807) is 0 Å². The SMILES string of the molecule is O=C1NC(O)C(O)N1c1ccon1. The summed E-state index contributed by atoms with van der Waals surface area (Å²) in [7, 11) is 0. The summed E-state index contributed by atoms with van der Waals surface area (Å²) in [6.45, 7) is 0. The molecule has 7 nitrogen and oxygen atoms in total. The van der Waals surface area contributed by atoms with E-state index in [0.717, 1.165) is 4.90 Å². The molecular formula is C6H7N3O4. The number of aromatic nitrogens is 1. The fraction of sp³-hybridized carbons (Fsp3) is 0.333. The number of rotatable bonds is 1. The number of nitrogens with one attached hydrogen (secondary N) is 1. The van der Waals surface area contributed by atoms with Gasteiger partial charge in [-0.1, -0.05) is 5.16 Å². The lowest BCUT2D eigenvalue weighted by Crippen LogP contribution is -2.36. The molecule has 1 fully saturated rings. The summed E-state index contributed by atoms with van der Waals surface area (Å²) in [6, 6.07) is 0.787. The molecule has 70 valence electrons. The molecule has 1 saturated heterocycles. The summed E-state index contributed by atoms with van der Waals surface area (Å²) in [5.74, 6) is 0.154. The van der Waals surface area contributed by atoms with Crippen LogP contribution < -0.4 is 10.2 Å². The maximum Gasteiger partial charge on any atom is 0.327 e. The third-order valence-corrected chi connectivity index (χ3v) is 1.71. The first kappa shape index (κ1) is 8.02. The zero-order valence-corrected chi connectivity index (χ0v) is 6.41. The minimum absolute atomic E-state index is 0.154. The predicted molar refractivity (Wildman–Crippen MR) is 39.5 cm³/mol. The quantitative estimate of drug-likeness (QED) is 0.512. The maximum atomic E-state index is 11.1. The van der Waals surface area contributed by atoms with Crippen LogP contribution in [0.1, 0.15) is 0 Å².